The molecule has 1 heterocycles. The lowest BCUT2D eigenvalue weighted by molar-refractivity contribution is 0.547. The molecule has 0 atom stereocenters. The number of hydrogen-bond acceptors (Lipinski definition) is 4. The minimum absolute atomic E-state index is 0.625. The van der Waals surface area contributed by atoms with Gasteiger partial charge in [-0.05, 0) is 33.6 Å². The first-order valence-corrected chi connectivity index (χ1v) is 7.95. The predicted octanol–water partition coefficient (Wildman–Crippen LogP) is 3.68. The third kappa shape index (κ3) is 3.41. The number of rotatable bonds is 4. The fourth-order valence-corrected chi connectivity index (χ4v) is 3.11. The largest absolute Gasteiger partial charge is 0.370 e. The SMILES string of the molecule is CCNc1nc(C)nc(N(C)C2CCCCCC2)c1C. The Bertz CT molecular complexity index is 436. The summed E-state index contributed by atoms with van der Waals surface area (Å²) in [6.07, 6.45) is 8.03. The highest BCUT2D eigenvalue weighted by molar-refractivity contribution is 5.58. The summed E-state index contributed by atoms with van der Waals surface area (Å²) >= 11 is 0. The lowest BCUT2D eigenvalue weighted by Gasteiger charge is -2.30. The third-order valence-corrected chi connectivity index (χ3v) is 4.28. The molecule has 0 aromatic carbocycles. The second-order valence-electron chi connectivity index (χ2n) is 5.85. The van der Waals surface area contributed by atoms with Crippen LogP contribution < -0.4 is 10.2 Å². The van der Waals surface area contributed by atoms with Gasteiger partial charge in [-0.1, -0.05) is 25.7 Å². The Balaban J connectivity index is 2.25. The van der Waals surface area contributed by atoms with E-state index in [4.69, 9.17) is 4.98 Å². The van der Waals surface area contributed by atoms with Crippen LogP contribution in [0.15, 0.2) is 0 Å². The van der Waals surface area contributed by atoms with Gasteiger partial charge in [0, 0.05) is 25.2 Å². The molecule has 0 radical (unpaired) electrons. The van der Waals surface area contributed by atoms with E-state index in [1.807, 2.05) is 6.92 Å². The Kier molecular flexibility index (Phi) is 5.21. The van der Waals surface area contributed by atoms with Crippen LogP contribution in [0.5, 0.6) is 0 Å². The summed E-state index contributed by atoms with van der Waals surface area (Å²) in [6.45, 7) is 7.10. The first-order valence-electron chi connectivity index (χ1n) is 7.95. The van der Waals surface area contributed by atoms with E-state index in [2.05, 4.69) is 36.1 Å². The molecule has 2 rings (SSSR count). The van der Waals surface area contributed by atoms with E-state index >= 15 is 0 Å². The minimum atomic E-state index is 0.625. The van der Waals surface area contributed by atoms with Crippen molar-refractivity contribution in [2.24, 2.45) is 0 Å². The van der Waals surface area contributed by atoms with Crippen LogP contribution in [0.1, 0.15) is 56.8 Å². The predicted molar refractivity (Wildman–Crippen MR) is 85.6 cm³/mol. The maximum absolute atomic E-state index is 4.70. The fraction of sp³-hybridized carbons (Fsp3) is 0.750. The number of nitrogens with zero attached hydrogens (tertiary/aromatic N) is 3. The van der Waals surface area contributed by atoms with E-state index in [-0.39, 0.29) is 0 Å². The Morgan fingerprint density at radius 3 is 2.35 bits per heavy atom. The average Bonchev–Trinajstić information content (AvgIpc) is 2.71. The van der Waals surface area contributed by atoms with Crippen molar-refractivity contribution < 1.29 is 0 Å². The molecule has 1 aromatic rings. The van der Waals surface area contributed by atoms with Gasteiger partial charge in [0.15, 0.2) is 0 Å². The molecular formula is C16H28N4. The van der Waals surface area contributed by atoms with Gasteiger partial charge < -0.3 is 10.2 Å². The molecule has 0 unspecified atom stereocenters. The molecule has 20 heavy (non-hydrogen) atoms. The van der Waals surface area contributed by atoms with E-state index in [0.29, 0.717) is 6.04 Å². The Hall–Kier alpha value is -1.32. The number of anilines is 2. The molecule has 4 nitrogen and oxygen atoms in total. The first-order chi connectivity index (χ1) is 9.63. The van der Waals surface area contributed by atoms with Crippen molar-refractivity contribution in [3.05, 3.63) is 11.4 Å². The van der Waals surface area contributed by atoms with Crippen LogP contribution >= 0.6 is 0 Å². The van der Waals surface area contributed by atoms with Crippen LogP contribution in [0.3, 0.4) is 0 Å². The summed E-state index contributed by atoms with van der Waals surface area (Å²) in [6, 6.07) is 0.625. The van der Waals surface area contributed by atoms with Crippen LogP contribution in [-0.4, -0.2) is 29.6 Å². The lowest BCUT2D eigenvalue weighted by atomic mass is 10.1. The Morgan fingerprint density at radius 1 is 1.10 bits per heavy atom. The first kappa shape index (κ1) is 15.1. The molecular weight excluding hydrogens is 248 g/mol. The maximum atomic E-state index is 4.70. The second kappa shape index (κ2) is 6.91. The van der Waals surface area contributed by atoms with Gasteiger partial charge in [-0.2, -0.15) is 0 Å². The Morgan fingerprint density at radius 2 is 1.75 bits per heavy atom. The molecule has 1 fully saturated rings. The highest BCUT2D eigenvalue weighted by Gasteiger charge is 2.21. The molecule has 112 valence electrons. The molecule has 4 heteroatoms. The highest BCUT2D eigenvalue weighted by atomic mass is 15.2. The summed E-state index contributed by atoms with van der Waals surface area (Å²) in [5.41, 5.74) is 1.17. The van der Waals surface area contributed by atoms with Crippen molar-refractivity contribution in [3.63, 3.8) is 0 Å². The van der Waals surface area contributed by atoms with E-state index < -0.39 is 0 Å². The zero-order chi connectivity index (χ0) is 14.5. The van der Waals surface area contributed by atoms with Gasteiger partial charge in [0.05, 0.1) is 0 Å². The van der Waals surface area contributed by atoms with Crippen molar-refractivity contribution in [1.29, 1.82) is 0 Å². The summed E-state index contributed by atoms with van der Waals surface area (Å²) in [5, 5.41) is 3.35. The number of aryl methyl sites for hydroxylation is 1. The molecule has 0 saturated heterocycles. The van der Waals surface area contributed by atoms with Gasteiger partial charge in [-0.25, -0.2) is 9.97 Å². The van der Waals surface area contributed by atoms with Crippen molar-refractivity contribution in [2.45, 2.75) is 65.3 Å². The molecule has 1 aliphatic rings. The topological polar surface area (TPSA) is 41.1 Å². The molecule has 1 aliphatic carbocycles. The van der Waals surface area contributed by atoms with Crippen LogP contribution in [0.25, 0.3) is 0 Å². The zero-order valence-electron chi connectivity index (χ0n) is 13.4. The average molecular weight is 276 g/mol. The van der Waals surface area contributed by atoms with Crippen molar-refractivity contribution in [1.82, 2.24) is 9.97 Å². The summed E-state index contributed by atoms with van der Waals surface area (Å²) in [4.78, 5) is 11.6. The van der Waals surface area contributed by atoms with E-state index in [0.717, 1.165) is 24.0 Å². The highest BCUT2D eigenvalue weighted by Crippen LogP contribution is 2.28. The van der Waals surface area contributed by atoms with Gasteiger partial charge in [0.2, 0.25) is 0 Å². The maximum Gasteiger partial charge on any atom is 0.137 e. The molecule has 0 aliphatic heterocycles. The van der Waals surface area contributed by atoms with Crippen molar-refractivity contribution in [3.8, 4) is 0 Å². The number of hydrogen-bond donors (Lipinski definition) is 1. The quantitative estimate of drug-likeness (QED) is 0.852. The summed E-state index contributed by atoms with van der Waals surface area (Å²) < 4.78 is 0. The number of nitrogens with one attached hydrogen (secondary N) is 1. The summed E-state index contributed by atoms with van der Waals surface area (Å²) in [5.74, 6) is 2.93. The van der Waals surface area contributed by atoms with Crippen LogP contribution in [0.4, 0.5) is 11.6 Å². The minimum Gasteiger partial charge on any atom is -0.370 e. The van der Waals surface area contributed by atoms with Gasteiger partial charge in [0.25, 0.3) is 0 Å². The molecule has 0 spiro atoms. The zero-order valence-corrected chi connectivity index (χ0v) is 13.4. The molecule has 0 amide bonds. The second-order valence-corrected chi connectivity index (χ2v) is 5.85. The van der Waals surface area contributed by atoms with Gasteiger partial charge >= 0.3 is 0 Å². The van der Waals surface area contributed by atoms with E-state index in [1.54, 1.807) is 0 Å². The smallest absolute Gasteiger partial charge is 0.137 e. The summed E-state index contributed by atoms with van der Waals surface area (Å²) in [7, 11) is 2.19. The molecule has 1 aromatic heterocycles. The molecule has 1 N–H and O–H groups in total. The van der Waals surface area contributed by atoms with Gasteiger partial charge in [0.1, 0.15) is 17.5 Å². The Labute approximate surface area is 123 Å². The van der Waals surface area contributed by atoms with Crippen molar-refractivity contribution in [2.75, 3.05) is 23.8 Å². The van der Waals surface area contributed by atoms with Gasteiger partial charge in [-0.15, -0.1) is 0 Å². The standard InChI is InChI=1S/C16H28N4/c1-5-17-15-12(2)16(19-13(3)18-15)20(4)14-10-8-6-7-9-11-14/h14H,5-11H2,1-4H3,(H,17,18,19). The normalized spacial score (nSPS) is 16.8. The van der Waals surface area contributed by atoms with Crippen LogP contribution in [0.2, 0.25) is 0 Å². The van der Waals surface area contributed by atoms with Crippen LogP contribution in [-0.2, 0) is 0 Å². The number of aromatic nitrogens is 2. The van der Waals surface area contributed by atoms with Crippen molar-refractivity contribution >= 4 is 11.6 Å². The molecule has 1 saturated carbocycles. The monoisotopic (exact) mass is 276 g/mol. The van der Waals surface area contributed by atoms with Crippen LogP contribution in [0, 0.1) is 13.8 Å². The van der Waals surface area contributed by atoms with E-state index in [1.165, 1.54) is 44.1 Å². The van der Waals surface area contributed by atoms with E-state index in [9.17, 15) is 0 Å². The fourth-order valence-electron chi connectivity index (χ4n) is 3.11. The van der Waals surface area contributed by atoms with Gasteiger partial charge in [-0.3, -0.25) is 0 Å². The lowest BCUT2D eigenvalue weighted by Crippen LogP contribution is -2.32. The molecule has 0 bridgehead atoms. The third-order valence-electron chi connectivity index (χ3n) is 4.28.